The van der Waals surface area contributed by atoms with Gasteiger partial charge < -0.3 is 31.5 Å². The lowest BCUT2D eigenvalue weighted by molar-refractivity contribution is 0.101. The number of anilines is 4. The van der Waals surface area contributed by atoms with Crippen LogP contribution in [-0.4, -0.2) is 54.0 Å². The zero-order valence-corrected chi connectivity index (χ0v) is 29.8. The van der Waals surface area contributed by atoms with E-state index in [1.807, 2.05) is 0 Å². The monoisotopic (exact) mass is 770 g/mol. The highest BCUT2D eigenvalue weighted by atomic mass is 32.2. The minimum Gasteiger partial charge on any atom is -0.507 e. The van der Waals surface area contributed by atoms with Crippen molar-refractivity contribution in [3.63, 3.8) is 0 Å². The number of hydrogen-bond acceptors (Lipinski definition) is 9. The van der Waals surface area contributed by atoms with Crippen LogP contribution in [0.5, 0.6) is 11.5 Å². The van der Waals surface area contributed by atoms with Crippen molar-refractivity contribution in [2.45, 2.75) is 23.6 Å². The Morgan fingerprint density at radius 2 is 0.870 bits per heavy atom. The number of fused-ring (bicyclic) bond motifs is 2. The van der Waals surface area contributed by atoms with E-state index in [4.69, 9.17) is 0 Å². The van der Waals surface area contributed by atoms with Crippen LogP contribution in [0.2, 0.25) is 0 Å². The second kappa shape index (κ2) is 14.1. The number of aromatic hydroxyl groups is 2. The van der Waals surface area contributed by atoms with Crippen LogP contribution in [0, 0.1) is 13.8 Å². The molecular formula is C37H30N4O11S2. The molecule has 0 saturated heterocycles. The molecule has 0 aliphatic carbocycles. The molecular weight excluding hydrogens is 741 g/mol. The van der Waals surface area contributed by atoms with Gasteiger partial charge in [0.25, 0.3) is 32.1 Å². The number of nitrogens with one attached hydrogen (secondary N) is 4. The van der Waals surface area contributed by atoms with Crippen LogP contribution in [0.4, 0.5) is 27.5 Å². The van der Waals surface area contributed by atoms with Gasteiger partial charge in [-0.15, -0.1) is 0 Å². The van der Waals surface area contributed by atoms with E-state index in [9.17, 15) is 50.5 Å². The molecule has 6 aromatic rings. The van der Waals surface area contributed by atoms with E-state index >= 15 is 0 Å². The average molecular weight is 771 g/mol. The minimum absolute atomic E-state index is 0.0889. The third-order valence-electron chi connectivity index (χ3n) is 8.44. The van der Waals surface area contributed by atoms with Crippen LogP contribution in [0.3, 0.4) is 0 Å². The molecule has 17 heteroatoms. The number of phenols is 2. The molecule has 0 unspecified atom stereocenters. The summed E-state index contributed by atoms with van der Waals surface area (Å²) < 4.78 is 69.0. The summed E-state index contributed by atoms with van der Waals surface area (Å²) >= 11 is 0. The number of benzene rings is 6. The number of rotatable bonds is 8. The number of aryl methyl sites for hydroxylation is 2. The van der Waals surface area contributed by atoms with Crippen LogP contribution in [0.1, 0.15) is 31.8 Å². The average Bonchev–Trinajstić information content (AvgIpc) is 3.09. The second-order valence-electron chi connectivity index (χ2n) is 12.1. The number of urea groups is 1. The van der Waals surface area contributed by atoms with Crippen molar-refractivity contribution in [1.82, 2.24) is 0 Å². The molecule has 54 heavy (non-hydrogen) atoms. The Kier molecular flexibility index (Phi) is 9.74. The van der Waals surface area contributed by atoms with E-state index in [2.05, 4.69) is 21.3 Å². The van der Waals surface area contributed by atoms with Gasteiger partial charge in [0.05, 0.1) is 11.4 Å². The molecule has 0 bridgehead atoms. The first-order valence-electron chi connectivity index (χ1n) is 15.8. The number of carbonyl (C=O) groups is 3. The summed E-state index contributed by atoms with van der Waals surface area (Å²) in [6.45, 7) is 3.24. The molecule has 0 aliphatic heterocycles. The first kappa shape index (κ1) is 37.2. The second-order valence-corrected chi connectivity index (χ2v) is 14.8. The van der Waals surface area contributed by atoms with Gasteiger partial charge in [0.15, 0.2) is 0 Å². The predicted octanol–water partition coefficient (Wildman–Crippen LogP) is 6.66. The zero-order valence-electron chi connectivity index (χ0n) is 28.2. The molecule has 8 N–H and O–H groups in total. The van der Waals surface area contributed by atoms with Crippen LogP contribution < -0.4 is 21.3 Å². The topological polar surface area (TPSA) is 249 Å². The predicted molar refractivity (Wildman–Crippen MR) is 202 cm³/mol. The standard InChI is InChI=1S/C37H30N4O11S2/c1-19-17-23(35(44)38-27-15-9-21-5-3-7-29(42)31(21)33(27)53(47,48)49)11-13-25(19)40-37(46)41-26-14-12-24(18-20(26)2)36(45)39-28-16-10-22-6-4-8-30(43)32(22)34(28)54(50,51)52/h3-18,42-43H,1-2H3,(H,38,44)(H,39,45)(H2,40,41,46)(H,47,48,49)(H,50,51,52). The van der Waals surface area contributed by atoms with E-state index in [0.29, 0.717) is 33.3 Å². The van der Waals surface area contributed by atoms with Crippen LogP contribution in [0.15, 0.2) is 107 Å². The molecule has 15 nitrogen and oxygen atoms in total. The fraction of sp³-hybridized carbons (Fsp3) is 0.0541. The summed E-state index contributed by atoms with van der Waals surface area (Å²) in [4.78, 5) is 37.9. The van der Waals surface area contributed by atoms with Crippen LogP contribution >= 0.6 is 0 Å². The number of amides is 4. The highest BCUT2D eigenvalue weighted by Crippen LogP contribution is 2.38. The molecule has 4 amide bonds. The third-order valence-corrected chi connectivity index (χ3v) is 10.3. The highest BCUT2D eigenvalue weighted by Gasteiger charge is 2.25. The van der Waals surface area contributed by atoms with Gasteiger partial charge in [-0.1, -0.05) is 36.4 Å². The van der Waals surface area contributed by atoms with E-state index < -0.39 is 59.4 Å². The maximum Gasteiger partial charge on any atom is 0.323 e. The van der Waals surface area contributed by atoms with Crippen LogP contribution in [0.25, 0.3) is 21.5 Å². The summed E-state index contributed by atoms with van der Waals surface area (Å²) in [6.07, 6.45) is 0. The summed E-state index contributed by atoms with van der Waals surface area (Å²) in [5, 5.41) is 31.2. The molecule has 0 fully saturated rings. The van der Waals surface area contributed by atoms with Crippen molar-refractivity contribution in [3.05, 3.63) is 119 Å². The maximum absolute atomic E-state index is 13.2. The van der Waals surface area contributed by atoms with Gasteiger partial charge in [-0.05, 0) is 96.4 Å². The molecule has 0 atom stereocenters. The Hall–Kier alpha value is -6.53. The molecule has 0 radical (unpaired) electrons. The lowest BCUT2D eigenvalue weighted by Crippen LogP contribution is -2.21. The Bertz CT molecular complexity index is 2600. The van der Waals surface area contributed by atoms with E-state index in [-0.39, 0.29) is 33.3 Å². The van der Waals surface area contributed by atoms with E-state index in [0.717, 1.165) is 0 Å². The maximum atomic E-state index is 13.2. The molecule has 276 valence electrons. The summed E-state index contributed by atoms with van der Waals surface area (Å²) in [7, 11) is -9.77. The third kappa shape index (κ3) is 7.50. The summed E-state index contributed by atoms with van der Waals surface area (Å²) in [6, 6.07) is 22.0. The Labute approximate surface area is 307 Å². The van der Waals surface area contributed by atoms with Gasteiger partial charge in [0.1, 0.15) is 21.3 Å². The van der Waals surface area contributed by atoms with Gasteiger partial charge in [-0.2, -0.15) is 16.8 Å². The number of phenolic OH excluding ortho intramolecular Hbond substituents is 2. The molecule has 0 saturated carbocycles. The molecule has 0 spiro atoms. The highest BCUT2D eigenvalue weighted by molar-refractivity contribution is 7.86. The smallest absolute Gasteiger partial charge is 0.323 e. The molecule has 6 rings (SSSR count). The first-order valence-corrected chi connectivity index (χ1v) is 18.7. The Morgan fingerprint density at radius 1 is 0.500 bits per heavy atom. The van der Waals surface area contributed by atoms with Gasteiger partial charge >= 0.3 is 6.03 Å². The van der Waals surface area contributed by atoms with Gasteiger partial charge in [-0.25, -0.2) is 4.79 Å². The summed E-state index contributed by atoms with van der Waals surface area (Å²) in [5.74, 6) is -2.29. The fourth-order valence-corrected chi connectivity index (χ4v) is 7.70. The SMILES string of the molecule is Cc1cc(C(=O)Nc2ccc3cccc(O)c3c2S(=O)(=O)O)ccc1NC(=O)Nc1ccc(C(=O)Nc2ccc3cccc(O)c3c2S(=O)(=O)O)cc1C. The normalized spacial score (nSPS) is 11.6. The van der Waals surface area contributed by atoms with E-state index in [1.54, 1.807) is 13.8 Å². The lowest BCUT2D eigenvalue weighted by atomic mass is 10.1. The van der Waals surface area contributed by atoms with Gasteiger partial charge in [0, 0.05) is 33.3 Å². The fourth-order valence-electron chi connectivity index (χ4n) is 5.94. The largest absolute Gasteiger partial charge is 0.507 e. The van der Waals surface area contributed by atoms with Crippen molar-refractivity contribution in [1.29, 1.82) is 0 Å². The van der Waals surface area contributed by atoms with Crippen LogP contribution in [-0.2, 0) is 20.2 Å². The molecule has 0 aliphatic rings. The Balaban J connectivity index is 1.14. The lowest BCUT2D eigenvalue weighted by Gasteiger charge is -2.15. The minimum atomic E-state index is -4.89. The van der Waals surface area contributed by atoms with Crippen molar-refractivity contribution < 1.29 is 50.5 Å². The molecule has 0 heterocycles. The molecule has 0 aromatic heterocycles. The van der Waals surface area contributed by atoms with Crippen molar-refractivity contribution >= 4 is 82.4 Å². The summed E-state index contributed by atoms with van der Waals surface area (Å²) in [5.41, 5.74) is 1.22. The Morgan fingerprint density at radius 3 is 1.22 bits per heavy atom. The van der Waals surface area contributed by atoms with Crippen molar-refractivity contribution in [2.75, 3.05) is 21.3 Å². The molecule has 6 aromatic carbocycles. The number of hydrogen-bond donors (Lipinski definition) is 8. The van der Waals surface area contributed by atoms with E-state index in [1.165, 1.54) is 97.1 Å². The quantitative estimate of drug-likeness (QED) is 0.0760. The van der Waals surface area contributed by atoms with Crippen molar-refractivity contribution in [2.24, 2.45) is 0 Å². The first-order chi connectivity index (χ1) is 25.4. The number of carbonyl (C=O) groups excluding carboxylic acids is 3. The zero-order chi connectivity index (χ0) is 39.1. The van der Waals surface area contributed by atoms with Gasteiger partial charge in [0.2, 0.25) is 0 Å². The van der Waals surface area contributed by atoms with Gasteiger partial charge in [-0.3, -0.25) is 18.7 Å². The van der Waals surface area contributed by atoms with Crippen molar-refractivity contribution in [3.8, 4) is 11.5 Å².